The molecule has 1 aliphatic heterocycles. The van der Waals surface area contributed by atoms with Crippen LogP contribution < -0.4 is 10.1 Å². The molecular formula is C12H17NO3. The first-order valence-electron chi connectivity index (χ1n) is 5.41. The van der Waals surface area contributed by atoms with Crippen molar-refractivity contribution in [3.8, 4) is 11.5 Å². The van der Waals surface area contributed by atoms with Gasteiger partial charge in [0.1, 0.15) is 0 Å². The normalized spacial score (nSPS) is 17.9. The maximum Gasteiger partial charge on any atom is 0.160 e. The monoisotopic (exact) mass is 223 g/mol. The first kappa shape index (κ1) is 11.2. The van der Waals surface area contributed by atoms with Gasteiger partial charge < -0.3 is 19.9 Å². The first-order chi connectivity index (χ1) is 7.70. The number of ether oxygens (including phenoxy) is 2. The quantitative estimate of drug-likeness (QED) is 0.811. The average Bonchev–Trinajstić information content (AvgIpc) is 2.24. The lowest BCUT2D eigenvalue weighted by molar-refractivity contribution is -0.00926. The van der Waals surface area contributed by atoms with E-state index in [-0.39, 0.29) is 11.8 Å². The number of hydrogen-bond donors (Lipinski definition) is 2. The largest absolute Gasteiger partial charge is 0.504 e. The van der Waals surface area contributed by atoms with Gasteiger partial charge in [-0.05, 0) is 24.6 Å². The third-order valence-corrected chi connectivity index (χ3v) is 2.83. The van der Waals surface area contributed by atoms with E-state index in [9.17, 15) is 5.11 Å². The summed E-state index contributed by atoms with van der Waals surface area (Å²) in [5.41, 5.74) is 1.10. The molecule has 2 N–H and O–H groups in total. The molecule has 1 saturated heterocycles. The highest BCUT2D eigenvalue weighted by Gasteiger charge is 2.20. The van der Waals surface area contributed by atoms with Crippen LogP contribution in [0.15, 0.2) is 18.2 Å². The van der Waals surface area contributed by atoms with Gasteiger partial charge in [-0.15, -0.1) is 0 Å². The average molecular weight is 223 g/mol. The van der Waals surface area contributed by atoms with Gasteiger partial charge in [0, 0.05) is 6.04 Å². The Morgan fingerprint density at radius 2 is 2.25 bits per heavy atom. The Morgan fingerprint density at radius 3 is 2.81 bits per heavy atom. The van der Waals surface area contributed by atoms with Crippen LogP contribution in [-0.4, -0.2) is 31.5 Å². The van der Waals surface area contributed by atoms with Gasteiger partial charge in [-0.1, -0.05) is 6.07 Å². The molecule has 1 fully saturated rings. The summed E-state index contributed by atoms with van der Waals surface area (Å²) in [6.07, 6.45) is 0. The molecule has 0 amide bonds. The summed E-state index contributed by atoms with van der Waals surface area (Å²) in [7, 11) is 1.55. The molecule has 4 nitrogen and oxygen atoms in total. The van der Waals surface area contributed by atoms with E-state index in [0.717, 1.165) is 18.8 Å². The van der Waals surface area contributed by atoms with E-state index in [1.165, 1.54) is 0 Å². The Bertz CT molecular complexity index is 363. The highest BCUT2D eigenvalue weighted by Crippen LogP contribution is 2.29. The fraction of sp³-hybridized carbons (Fsp3) is 0.500. The number of aromatic hydroxyl groups is 1. The summed E-state index contributed by atoms with van der Waals surface area (Å²) in [5.74, 6) is 0.682. The van der Waals surface area contributed by atoms with Crippen LogP contribution in [0, 0.1) is 0 Å². The Kier molecular flexibility index (Phi) is 3.31. The molecule has 0 saturated carbocycles. The minimum Gasteiger partial charge on any atom is -0.504 e. The van der Waals surface area contributed by atoms with E-state index >= 15 is 0 Å². The van der Waals surface area contributed by atoms with Crippen LogP contribution in [0.3, 0.4) is 0 Å². The standard InChI is InChI=1S/C12H17NO3/c1-8(13-10-6-16-7-10)9-3-4-11(14)12(5-9)15-2/h3-5,8,10,13-14H,6-7H2,1-2H3. The number of nitrogens with one attached hydrogen (secondary N) is 1. The summed E-state index contributed by atoms with van der Waals surface area (Å²) in [5, 5.41) is 12.9. The minimum absolute atomic E-state index is 0.172. The van der Waals surface area contributed by atoms with Gasteiger partial charge in [-0.3, -0.25) is 0 Å². The van der Waals surface area contributed by atoms with Crippen molar-refractivity contribution in [1.82, 2.24) is 5.32 Å². The molecule has 1 heterocycles. The molecule has 1 aliphatic rings. The predicted molar refractivity (Wildman–Crippen MR) is 60.8 cm³/mol. The number of benzene rings is 1. The SMILES string of the molecule is COc1cc(C(C)NC2COC2)ccc1O. The van der Waals surface area contributed by atoms with E-state index < -0.39 is 0 Å². The number of phenols is 1. The molecule has 2 rings (SSSR count). The van der Waals surface area contributed by atoms with Gasteiger partial charge in [0.2, 0.25) is 0 Å². The Hall–Kier alpha value is -1.26. The number of methoxy groups -OCH3 is 1. The molecule has 16 heavy (non-hydrogen) atoms. The first-order valence-corrected chi connectivity index (χ1v) is 5.41. The smallest absolute Gasteiger partial charge is 0.160 e. The summed E-state index contributed by atoms with van der Waals surface area (Å²) < 4.78 is 10.2. The summed E-state index contributed by atoms with van der Waals surface area (Å²) in [6.45, 7) is 3.64. The fourth-order valence-electron chi connectivity index (χ4n) is 1.75. The number of hydrogen-bond acceptors (Lipinski definition) is 4. The van der Waals surface area contributed by atoms with Gasteiger partial charge in [0.25, 0.3) is 0 Å². The van der Waals surface area contributed by atoms with E-state index in [1.54, 1.807) is 13.2 Å². The minimum atomic E-state index is 0.172. The highest BCUT2D eigenvalue weighted by molar-refractivity contribution is 5.42. The molecule has 0 aromatic heterocycles. The predicted octanol–water partition coefficient (Wildman–Crippen LogP) is 1.45. The molecule has 0 spiro atoms. The highest BCUT2D eigenvalue weighted by atomic mass is 16.5. The lowest BCUT2D eigenvalue weighted by Gasteiger charge is -2.30. The molecule has 0 aliphatic carbocycles. The molecule has 1 aromatic carbocycles. The van der Waals surface area contributed by atoms with Crippen molar-refractivity contribution in [2.75, 3.05) is 20.3 Å². The second-order valence-electron chi connectivity index (χ2n) is 4.05. The molecule has 1 unspecified atom stereocenters. The third kappa shape index (κ3) is 2.28. The van der Waals surface area contributed by atoms with Gasteiger partial charge in [0.05, 0.1) is 26.4 Å². The molecule has 0 bridgehead atoms. The van der Waals surface area contributed by atoms with Crippen molar-refractivity contribution >= 4 is 0 Å². The zero-order chi connectivity index (χ0) is 11.5. The van der Waals surface area contributed by atoms with Crippen molar-refractivity contribution < 1.29 is 14.6 Å². The van der Waals surface area contributed by atoms with Crippen molar-refractivity contribution in [2.45, 2.75) is 19.0 Å². The molecule has 88 valence electrons. The summed E-state index contributed by atoms with van der Waals surface area (Å²) in [4.78, 5) is 0. The maximum absolute atomic E-state index is 9.49. The van der Waals surface area contributed by atoms with Crippen LogP contribution in [0.2, 0.25) is 0 Å². The number of phenolic OH excluding ortho intramolecular Hbond substituents is 1. The molecule has 1 atom stereocenters. The van der Waals surface area contributed by atoms with E-state index in [2.05, 4.69) is 12.2 Å². The van der Waals surface area contributed by atoms with Crippen LogP contribution in [0.4, 0.5) is 0 Å². The zero-order valence-electron chi connectivity index (χ0n) is 9.56. The molecular weight excluding hydrogens is 206 g/mol. The van der Waals surface area contributed by atoms with Crippen LogP contribution in [0.5, 0.6) is 11.5 Å². The van der Waals surface area contributed by atoms with Crippen LogP contribution >= 0.6 is 0 Å². The van der Waals surface area contributed by atoms with Gasteiger partial charge in [0.15, 0.2) is 11.5 Å². The van der Waals surface area contributed by atoms with Crippen molar-refractivity contribution in [1.29, 1.82) is 0 Å². The lowest BCUT2D eigenvalue weighted by Crippen LogP contribution is -2.46. The van der Waals surface area contributed by atoms with Crippen molar-refractivity contribution in [3.05, 3.63) is 23.8 Å². The fourth-order valence-corrected chi connectivity index (χ4v) is 1.75. The van der Waals surface area contributed by atoms with Crippen LogP contribution in [0.1, 0.15) is 18.5 Å². The number of rotatable bonds is 4. The van der Waals surface area contributed by atoms with Crippen LogP contribution in [0.25, 0.3) is 0 Å². The molecule has 1 aromatic rings. The third-order valence-electron chi connectivity index (χ3n) is 2.83. The Labute approximate surface area is 95.2 Å². The maximum atomic E-state index is 9.49. The van der Waals surface area contributed by atoms with Gasteiger partial charge >= 0.3 is 0 Å². The van der Waals surface area contributed by atoms with Gasteiger partial charge in [-0.25, -0.2) is 0 Å². The molecule has 0 radical (unpaired) electrons. The topological polar surface area (TPSA) is 50.7 Å². The Balaban J connectivity index is 2.06. The summed E-state index contributed by atoms with van der Waals surface area (Å²) >= 11 is 0. The van der Waals surface area contributed by atoms with E-state index in [4.69, 9.17) is 9.47 Å². The molecule has 4 heteroatoms. The van der Waals surface area contributed by atoms with Crippen molar-refractivity contribution in [2.24, 2.45) is 0 Å². The van der Waals surface area contributed by atoms with E-state index in [0.29, 0.717) is 11.8 Å². The summed E-state index contributed by atoms with van der Waals surface area (Å²) in [6, 6.07) is 6.07. The Morgan fingerprint density at radius 1 is 1.50 bits per heavy atom. The lowest BCUT2D eigenvalue weighted by atomic mass is 10.1. The van der Waals surface area contributed by atoms with Crippen molar-refractivity contribution in [3.63, 3.8) is 0 Å². The second-order valence-corrected chi connectivity index (χ2v) is 4.05. The zero-order valence-corrected chi connectivity index (χ0v) is 9.56. The second kappa shape index (κ2) is 4.72. The van der Waals surface area contributed by atoms with Gasteiger partial charge in [-0.2, -0.15) is 0 Å². The van der Waals surface area contributed by atoms with Crippen LogP contribution in [-0.2, 0) is 4.74 Å². The van der Waals surface area contributed by atoms with E-state index in [1.807, 2.05) is 12.1 Å².